The van der Waals surface area contributed by atoms with E-state index < -0.39 is 17.9 Å². The molecule has 8 nitrogen and oxygen atoms in total. The summed E-state index contributed by atoms with van der Waals surface area (Å²) < 4.78 is 4.77. The number of hydrogen-bond donors (Lipinski definition) is 1. The summed E-state index contributed by atoms with van der Waals surface area (Å²) in [5, 5.41) is 0. The van der Waals surface area contributed by atoms with Crippen molar-refractivity contribution in [1.82, 2.24) is 14.9 Å². The molecule has 1 amide bonds. The molecule has 1 aliphatic rings. The van der Waals surface area contributed by atoms with Gasteiger partial charge in [0, 0.05) is 38.6 Å². The molecule has 2 rings (SSSR count). The van der Waals surface area contributed by atoms with Crippen molar-refractivity contribution < 1.29 is 14.3 Å². The summed E-state index contributed by atoms with van der Waals surface area (Å²) in [7, 11) is 0. The lowest BCUT2D eigenvalue weighted by Crippen LogP contribution is -2.55. The highest BCUT2D eigenvalue weighted by molar-refractivity contribution is 6.01. The molecule has 1 atom stereocenters. The number of piperazine rings is 1. The minimum absolute atomic E-state index is 0.209. The van der Waals surface area contributed by atoms with Crippen LogP contribution in [0.3, 0.4) is 0 Å². The Labute approximate surface area is 122 Å². The Morgan fingerprint density at radius 2 is 2.05 bits per heavy atom. The lowest BCUT2D eigenvalue weighted by Gasteiger charge is -2.35. The van der Waals surface area contributed by atoms with Gasteiger partial charge in [0.05, 0.1) is 12.8 Å². The number of carbonyl (C=O) groups is 2. The molecule has 2 N–H and O–H groups in total. The Hall–Kier alpha value is -2.22. The van der Waals surface area contributed by atoms with Crippen molar-refractivity contribution in [2.45, 2.75) is 13.0 Å². The van der Waals surface area contributed by atoms with E-state index in [0.717, 1.165) is 5.82 Å². The molecule has 0 aliphatic carbocycles. The van der Waals surface area contributed by atoms with Gasteiger partial charge in [0.15, 0.2) is 6.04 Å². The molecule has 0 bridgehead atoms. The number of hydrogen-bond acceptors (Lipinski definition) is 7. The van der Waals surface area contributed by atoms with Gasteiger partial charge in [-0.2, -0.15) is 0 Å². The van der Waals surface area contributed by atoms with E-state index in [0.29, 0.717) is 26.2 Å². The predicted octanol–water partition coefficient (Wildman–Crippen LogP) is -0.984. The van der Waals surface area contributed by atoms with Crippen LogP contribution in [0.1, 0.15) is 6.92 Å². The Bertz CT molecular complexity index is 488. The molecule has 0 radical (unpaired) electrons. The van der Waals surface area contributed by atoms with Crippen LogP contribution in [0.5, 0.6) is 0 Å². The second-order valence-corrected chi connectivity index (χ2v) is 4.61. The monoisotopic (exact) mass is 293 g/mol. The Kier molecular flexibility index (Phi) is 5.04. The van der Waals surface area contributed by atoms with Crippen molar-refractivity contribution in [3.05, 3.63) is 18.6 Å². The summed E-state index contributed by atoms with van der Waals surface area (Å²) in [6, 6.07) is -1.24. The third kappa shape index (κ3) is 3.66. The fourth-order valence-corrected chi connectivity index (χ4v) is 2.14. The molecule has 114 valence electrons. The number of amides is 1. The topological polar surface area (TPSA) is 102 Å². The van der Waals surface area contributed by atoms with E-state index in [2.05, 4.69) is 9.97 Å². The lowest BCUT2D eigenvalue weighted by atomic mass is 10.2. The van der Waals surface area contributed by atoms with Crippen LogP contribution in [0.25, 0.3) is 0 Å². The van der Waals surface area contributed by atoms with Crippen LogP contribution in [0.15, 0.2) is 18.6 Å². The molecule has 1 aromatic heterocycles. The first kappa shape index (κ1) is 15.2. The van der Waals surface area contributed by atoms with Crippen molar-refractivity contribution in [3.63, 3.8) is 0 Å². The molecule has 1 unspecified atom stereocenters. The van der Waals surface area contributed by atoms with Crippen LogP contribution in [0, 0.1) is 0 Å². The second-order valence-electron chi connectivity index (χ2n) is 4.61. The zero-order valence-corrected chi connectivity index (χ0v) is 11.9. The molecular weight excluding hydrogens is 274 g/mol. The molecule has 0 saturated carbocycles. The average molecular weight is 293 g/mol. The molecule has 2 heterocycles. The first-order valence-corrected chi connectivity index (χ1v) is 6.85. The van der Waals surface area contributed by atoms with Gasteiger partial charge in [-0.3, -0.25) is 9.78 Å². The predicted molar refractivity (Wildman–Crippen MR) is 75.4 cm³/mol. The number of anilines is 1. The highest BCUT2D eigenvalue weighted by Gasteiger charge is 2.30. The first-order valence-electron chi connectivity index (χ1n) is 6.85. The van der Waals surface area contributed by atoms with Gasteiger partial charge in [-0.05, 0) is 6.92 Å². The zero-order valence-electron chi connectivity index (χ0n) is 11.9. The molecule has 1 saturated heterocycles. The minimum Gasteiger partial charge on any atom is -0.464 e. The minimum atomic E-state index is -1.24. The van der Waals surface area contributed by atoms with Crippen LogP contribution >= 0.6 is 0 Å². The third-order valence-electron chi connectivity index (χ3n) is 3.27. The number of carbonyl (C=O) groups excluding carboxylic acids is 2. The van der Waals surface area contributed by atoms with Crippen LogP contribution in [-0.2, 0) is 14.3 Å². The van der Waals surface area contributed by atoms with E-state index in [1.807, 2.05) is 4.90 Å². The standard InChI is InChI=1S/C13H19N5O3/c1-2-21-13(20)11(14)12(19)18-7-5-17(6-8-18)10-9-15-3-4-16-10/h3-4,9,11H,2,5-8,14H2,1H3. The van der Waals surface area contributed by atoms with Gasteiger partial charge in [-0.15, -0.1) is 0 Å². The van der Waals surface area contributed by atoms with Gasteiger partial charge >= 0.3 is 5.97 Å². The van der Waals surface area contributed by atoms with Crippen LogP contribution in [0.4, 0.5) is 5.82 Å². The summed E-state index contributed by atoms with van der Waals surface area (Å²) >= 11 is 0. The molecule has 8 heteroatoms. The van der Waals surface area contributed by atoms with Gasteiger partial charge in [0.25, 0.3) is 5.91 Å². The van der Waals surface area contributed by atoms with Crippen molar-refractivity contribution in [1.29, 1.82) is 0 Å². The summed E-state index contributed by atoms with van der Waals surface area (Å²) in [6.45, 7) is 4.11. The van der Waals surface area contributed by atoms with E-state index in [-0.39, 0.29) is 6.61 Å². The van der Waals surface area contributed by atoms with Crippen molar-refractivity contribution in [2.24, 2.45) is 5.73 Å². The smallest absolute Gasteiger partial charge is 0.332 e. The van der Waals surface area contributed by atoms with Gasteiger partial charge in [0.1, 0.15) is 5.82 Å². The molecule has 1 aliphatic heterocycles. The van der Waals surface area contributed by atoms with E-state index >= 15 is 0 Å². The highest BCUT2D eigenvalue weighted by Crippen LogP contribution is 2.12. The second kappa shape index (κ2) is 6.98. The highest BCUT2D eigenvalue weighted by atomic mass is 16.5. The fourth-order valence-electron chi connectivity index (χ4n) is 2.14. The number of rotatable bonds is 4. The Morgan fingerprint density at radius 3 is 2.62 bits per heavy atom. The number of nitrogens with two attached hydrogens (primary N) is 1. The normalized spacial score (nSPS) is 16.5. The molecule has 21 heavy (non-hydrogen) atoms. The Morgan fingerprint density at radius 1 is 1.33 bits per heavy atom. The third-order valence-corrected chi connectivity index (χ3v) is 3.27. The maximum atomic E-state index is 12.1. The van der Waals surface area contributed by atoms with Crippen molar-refractivity contribution >= 4 is 17.7 Å². The largest absolute Gasteiger partial charge is 0.464 e. The van der Waals surface area contributed by atoms with Crippen LogP contribution in [-0.4, -0.2) is 65.6 Å². The van der Waals surface area contributed by atoms with E-state index in [4.69, 9.17) is 10.5 Å². The maximum Gasteiger partial charge on any atom is 0.332 e. The quantitative estimate of drug-likeness (QED) is 0.562. The van der Waals surface area contributed by atoms with E-state index in [1.54, 1.807) is 30.4 Å². The number of ether oxygens (including phenoxy) is 1. The molecule has 0 spiro atoms. The Balaban J connectivity index is 1.89. The molecule has 0 aromatic carbocycles. The van der Waals surface area contributed by atoms with Gasteiger partial charge in [-0.1, -0.05) is 0 Å². The van der Waals surface area contributed by atoms with Crippen LogP contribution < -0.4 is 10.6 Å². The number of nitrogens with zero attached hydrogens (tertiary/aromatic N) is 4. The van der Waals surface area contributed by atoms with Gasteiger partial charge in [0.2, 0.25) is 0 Å². The summed E-state index contributed by atoms with van der Waals surface area (Å²) in [6.07, 6.45) is 4.92. The van der Waals surface area contributed by atoms with Gasteiger partial charge in [-0.25, -0.2) is 9.78 Å². The van der Waals surface area contributed by atoms with E-state index in [9.17, 15) is 9.59 Å². The summed E-state index contributed by atoms with van der Waals surface area (Å²) in [5.74, 6) is -0.301. The molecule has 1 fully saturated rings. The zero-order chi connectivity index (χ0) is 15.2. The summed E-state index contributed by atoms with van der Waals surface area (Å²) in [5.41, 5.74) is 5.62. The molecule has 1 aromatic rings. The SMILES string of the molecule is CCOC(=O)C(N)C(=O)N1CCN(c2cnccn2)CC1. The lowest BCUT2D eigenvalue weighted by molar-refractivity contribution is -0.151. The van der Waals surface area contributed by atoms with Crippen molar-refractivity contribution in [3.8, 4) is 0 Å². The van der Waals surface area contributed by atoms with E-state index in [1.165, 1.54) is 0 Å². The molecular formula is C13H19N5O3. The number of esters is 1. The fraction of sp³-hybridized carbons (Fsp3) is 0.538. The number of aromatic nitrogens is 2. The van der Waals surface area contributed by atoms with Crippen molar-refractivity contribution in [2.75, 3.05) is 37.7 Å². The van der Waals surface area contributed by atoms with Gasteiger partial charge < -0.3 is 20.3 Å². The maximum absolute atomic E-state index is 12.1. The van der Waals surface area contributed by atoms with Crippen LogP contribution in [0.2, 0.25) is 0 Å². The first-order chi connectivity index (χ1) is 10.1. The average Bonchev–Trinajstić information content (AvgIpc) is 2.54. The summed E-state index contributed by atoms with van der Waals surface area (Å²) in [4.78, 5) is 35.5.